The second-order valence-corrected chi connectivity index (χ2v) is 30.6. The monoisotopic (exact) mass is 1630 g/mol. The van der Waals surface area contributed by atoms with E-state index in [-0.39, 0.29) is 92.5 Å². The molecule has 0 aromatic heterocycles. The van der Waals surface area contributed by atoms with Crippen molar-refractivity contribution >= 4 is 43.1 Å². The van der Waals surface area contributed by atoms with E-state index < -0.39 is 83.2 Å². The Hall–Kier alpha value is -1.57. The Kier molecular flexibility index (Phi) is 31.5. The number of ether oxygens (including phenoxy) is 8. The number of rotatable bonds is 27. The first-order valence-electron chi connectivity index (χ1n) is 33.3. The summed E-state index contributed by atoms with van der Waals surface area (Å²) in [5, 5.41) is 0. The van der Waals surface area contributed by atoms with Crippen molar-refractivity contribution in [3.05, 3.63) is 88.5 Å². The standard InChI is InChI=1S/C31H41F9O4.C30H38F9IO4.C7H8O2S2.K/c1-3-14-41-15-4-16-42-21-7-9-22-20(19-21)6-8-24-23(22)12-13-27(2)25(24)10-11-26(27)43-17-5-18-44-28(29(32,33)34,30(35,36)37)31(38,39)40;1-26-11-10-22-21-7-5-20(42-14-2-13-41-17-12-40)18-19(21)4-6-23(22)24(26)8-9-25(26)43-15-3-16-44-27(28(31,32)33,29(34,35)36)30(37,38)39;1-6-2-4-7(5-3-6)11(8,9)10;/h7,9,19,23-26H,3-6,8,10-18H2,1-2H3;5,7,18,22-25H,2-4,6,8-17H2,1H3;2-5H,1H3,(H,8,9,10);/q;;;+1/p-1/t23-,24-,25+,26+,27+;22-,23-,24+,25+,26+;;/m11../s1. The zero-order chi connectivity index (χ0) is 73.3. The van der Waals surface area contributed by atoms with E-state index >= 15 is 0 Å². The van der Waals surface area contributed by atoms with Crippen molar-refractivity contribution < 1.29 is 177 Å². The summed E-state index contributed by atoms with van der Waals surface area (Å²) in [5.41, 5.74) is -6.74. The number of hydrogen-bond acceptors (Lipinski definition) is 11. The topological polar surface area (TPSA) is 108 Å². The van der Waals surface area contributed by atoms with E-state index in [4.69, 9.17) is 28.4 Å². The molecular weight excluding hydrogens is 1550 g/mol. The Morgan fingerprint density at radius 2 is 0.850 bits per heavy atom. The first kappa shape index (κ1) is 87.3. The summed E-state index contributed by atoms with van der Waals surface area (Å²) in [6.45, 7) is 8.69. The van der Waals surface area contributed by atoms with Crippen LogP contribution in [0.4, 0.5) is 79.0 Å². The predicted molar refractivity (Wildman–Crippen MR) is 341 cm³/mol. The number of aryl methyl sites for hydroxylation is 3. The molecule has 564 valence electrons. The third kappa shape index (κ3) is 20.2. The summed E-state index contributed by atoms with van der Waals surface area (Å²) < 4.78 is 300. The quantitative estimate of drug-likeness (QED) is 0.0138. The fraction of sp³-hybridized carbons (Fsp3) is 0.735. The second kappa shape index (κ2) is 36.1. The van der Waals surface area contributed by atoms with Crippen LogP contribution in [0.5, 0.6) is 11.5 Å². The summed E-state index contributed by atoms with van der Waals surface area (Å²) >= 11 is 6.53. The molecule has 0 bridgehead atoms. The Bertz CT molecular complexity index is 2910. The summed E-state index contributed by atoms with van der Waals surface area (Å²) in [6.07, 6.45) is -29.1. The summed E-state index contributed by atoms with van der Waals surface area (Å²) in [5.74, 6) is 3.89. The first-order chi connectivity index (χ1) is 46.1. The van der Waals surface area contributed by atoms with Gasteiger partial charge in [-0.15, -0.1) is 0 Å². The zero-order valence-corrected chi connectivity index (χ0v) is 63.2. The van der Waals surface area contributed by atoms with Crippen LogP contribution in [0.3, 0.4) is 0 Å². The molecule has 0 unspecified atom stereocenters. The fourth-order valence-corrected chi connectivity index (χ4v) is 17.1. The van der Waals surface area contributed by atoms with Gasteiger partial charge in [0.15, 0.2) is 0 Å². The molecule has 3 aromatic rings. The Morgan fingerprint density at radius 1 is 0.480 bits per heavy atom. The van der Waals surface area contributed by atoms with Crippen molar-refractivity contribution in [2.75, 3.05) is 70.5 Å². The third-order valence-electron chi connectivity index (χ3n) is 20.8. The minimum absolute atomic E-state index is 0. The van der Waals surface area contributed by atoms with Gasteiger partial charge >= 0.3 is 99.6 Å². The van der Waals surface area contributed by atoms with Gasteiger partial charge in [0.25, 0.3) is 0 Å². The van der Waals surface area contributed by atoms with Gasteiger partial charge in [0.05, 0.1) is 54.1 Å². The van der Waals surface area contributed by atoms with Gasteiger partial charge in [0.2, 0.25) is 0 Å². The molecule has 6 aliphatic rings. The molecule has 3 aromatic carbocycles. The predicted octanol–water partition coefficient (Wildman–Crippen LogP) is 16.2. The number of alkyl halides is 19. The van der Waals surface area contributed by atoms with Crippen molar-refractivity contribution in [2.24, 2.45) is 34.5 Å². The van der Waals surface area contributed by atoms with Crippen molar-refractivity contribution in [1.29, 1.82) is 0 Å². The van der Waals surface area contributed by atoms with Crippen LogP contribution < -0.4 is 60.9 Å². The van der Waals surface area contributed by atoms with Gasteiger partial charge in [-0.2, -0.15) is 79.0 Å². The van der Waals surface area contributed by atoms with Gasteiger partial charge in [-0.05, 0) is 208 Å². The smallest absolute Gasteiger partial charge is 0.644 e. The van der Waals surface area contributed by atoms with Crippen molar-refractivity contribution in [2.45, 2.75) is 214 Å². The molecule has 0 saturated heterocycles. The average Bonchev–Trinajstić information content (AvgIpc) is 1.11. The molecule has 32 heteroatoms. The van der Waals surface area contributed by atoms with Gasteiger partial charge in [0, 0.05) is 55.2 Å². The maximum Gasteiger partial charge on any atom is 1.00 e. The fourth-order valence-electron chi connectivity index (χ4n) is 16.0. The minimum Gasteiger partial charge on any atom is -0.644 e. The van der Waals surface area contributed by atoms with Crippen LogP contribution in [-0.4, -0.2) is 139 Å². The van der Waals surface area contributed by atoms with E-state index in [1.54, 1.807) is 12.1 Å². The minimum atomic E-state index is -6.73. The van der Waals surface area contributed by atoms with Gasteiger partial charge < -0.3 is 49.6 Å². The number of hydrogen-bond donors (Lipinski definition) is 0. The van der Waals surface area contributed by atoms with Crippen LogP contribution in [0, 0.1) is 41.4 Å². The maximum absolute atomic E-state index is 13.1. The third-order valence-corrected chi connectivity index (χ3v) is 22.6. The molecule has 4 fully saturated rings. The van der Waals surface area contributed by atoms with E-state index in [0.717, 1.165) is 118 Å². The molecule has 0 spiro atoms. The van der Waals surface area contributed by atoms with E-state index in [1.807, 2.05) is 19.1 Å². The summed E-state index contributed by atoms with van der Waals surface area (Å²) in [4.78, 5) is 0.193. The Labute approximate surface area is 633 Å². The molecule has 10 atom stereocenters. The van der Waals surface area contributed by atoms with E-state index in [1.165, 1.54) is 34.4 Å². The van der Waals surface area contributed by atoms with E-state index in [0.29, 0.717) is 74.8 Å². The molecule has 10 nitrogen and oxygen atoms in total. The van der Waals surface area contributed by atoms with E-state index in [9.17, 15) is 87.4 Å². The SMILES string of the molecule is CCCOCCCOc1ccc2c(c1)CC[C@@H]1[C@@H]2CC[C@]2(C)[C@@H](OCCCOC(C(F)(F)F)(C(F)(F)F)C(F)(F)F)CC[C@@H]12.C[C@]12CC[C@@H]3c4ccc(OCCCOCCI)cc4CC[C@H]3[C@@H]1CC[C@@H]2OCCCOC(C(F)(F)F)(C(F)(F)F)C(F)(F)F.Cc1ccc(S(=O)(=O)[S-])cc1.[K+]. The van der Waals surface area contributed by atoms with Gasteiger partial charge in [-0.1, -0.05) is 73.2 Å². The molecular formula is C68H86F18IKO10S2. The second-order valence-electron chi connectivity index (χ2n) is 26.9. The van der Waals surface area contributed by atoms with Crippen LogP contribution in [0.25, 0.3) is 0 Å². The van der Waals surface area contributed by atoms with Crippen molar-refractivity contribution in [3.8, 4) is 11.5 Å². The van der Waals surface area contributed by atoms with Gasteiger partial charge in [-0.3, -0.25) is 0 Å². The Morgan fingerprint density at radius 3 is 1.20 bits per heavy atom. The number of benzene rings is 3. The molecule has 0 heterocycles. The van der Waals surface area contributed by atoms with Crippen LogP contribution in [0.2, 0.25) is 0 Å². The van der Waals surface area contributed by atoms with E-state index in [2.05, 4.69) is 88.8 Å². The van der Waals surface area contributed by atoms with Gasteiger partial charge in [0.1, 0.15) is 11.5 Å². The van der Waals surface area contributed by atoms with Crippen LogP contribution >= 0.6 is 22.6 Å². The molecule has 4 saturated carbocycles. The van der Waals surface area contributed by atoms with Crippen molar-refractivity contribution in [3.63, 3.8) is 0 Å². The van der Waals surface area contributed by atoms with Crippen LogP contribution in [0.15, 0.2) is 65.6 Å². The molecule has 0 N–H and O–H groups in total. The summed E-state index contributed by atoms with van der Waals surface area (Å²) in [6, 6.07) is 19.0. The zero-order valence-electron chi connectivity index (χ0n) is 56.3. The molecule has 0 amide bonds. The van der Waals surface area contributed by atoms with Gasteiger partial charge in [-0.25, -0.2) is 8.42 Å². The largest absolute Gasteiger partial charge is 1.00 e. The van der Waals surface area contributed by atoms with Crippen molar-refractivity contribution in [1.82, 2.24) is 0 Å². The molecule has 6 aliphatic carbocycles. The molecule has 100 heavy (non-hydrogen) atoms. The molecule has 0 aliphatic heterocycles. The number of halogens is 19. The maximum atomic E-state index is 13.1. The van der Waals surface area contributed by atoms with Crippen LogP contribution in [-0.2, 0) is 61.8 Å². The normalized spacial score (nSPS) is 25.5. The number of fused-ring (bicyclic) bond motifs is 10. The Balaban J connectivity index is 0.000000270. The first-order valence-corrected chi connectivity index (χ1v) is 37.2. The summed E-state index contributed by atoms with van der Waals surface area (Å²) in [7, 11) is -3.44. The molecule has 9 rings (SSSR count). The van der Waals surface area contributed by atoms with Crippen LogP contribution in [0.1, 0.15) is 157 Å². The molecule has 0 radical (unpaired) electrons. The average molecular weight is 1640 g/mol.